The molecule has 8 heteroatoms. The summed E-state index contributed by atoms with van der Waals surface area (Å²) in [5, 5.41) is 0. The van der Waals surface area contributed by atoms with Gasteiger partial charge in [0, 0.05) is 18.2 Å². The molecule has 0 bridgehead atoms. The Bertz CT molecular complexity index is 545. The van der Waals surface area contributed by atoms with Crippen molar-refractivity contribution >= 4 is 9.84 Å². The van der Waals surface area contributed by atoms with Crippen LogP contribution in [0, 0.1) is 11.6 Å². The van der Waals surface area contributed by atoms with E-state index in [2.05, 4.69) is 4.84 Å². The molecule has 0 aromatic heterocycles. The van der Waals surface area contributed by atoms with Gasteiger partial charge in [0.25, 0.3) is 0 Å². The Morgan fingerprint density at radius 2 is 2.00 bits per heavy atom. The third kappa shape index (κ3) is 2.95. The average molecular weight is 281 g/mol. The number of ether oxygens (including phenoxy) is 1. The molecular formula is C10H13F2NO4S. The number of nitrogens with two attached hydrogens (primary N) is 1. The SMILES string of the molecule is COc1c(CCON)cc(F)c(S(C)(=O)=O)c1F. The number of methoxy groups -OCH3 is 1. The average Bonchev–Trinajstić information content (AvgIpc) is 2.23. The van der Waals surface area contributed by atoms with E-state index in [1.807, 2.05) is 0 Å². The molecule has 1 aromatic rings. The Morgan fingerprint density at radius 1 is 1.39 bits per heavy atom. The smallest absolute Gasteiger partial charge is 0.186 e. The molecule has 0 aliphatic rings. The molecule has 1 rings (SSSR count). The fourth-order valence-corrected chi connectivity index (χ4v) is 2.38. The Morgan fingerprint density at radius 3 is 2.44 bits per heavy atom. The van der Waals surface area contributed by atoms with Crippen molar-refractivity contribution < 1.29 is 26.8 Å². The van der Waals surface area contributed by atoms with Crippen molar-refractivity contribution in [3.8, 4) is 5.75 Å². The summed E-state index contributed by atoms with van der Waals surface area (Å²) in [6, 6.07) is 0.900. The maximum Gasteiger partial charge on any atom is 0.186 e. The fourth-order valence-electron chi connectivity index (χ4n) is 1.55. The zero-order valence-electron chi connectivity index (χ0n) is 9.87. The van der Waals surface area contributed by atoms with Gasteiger partial charge in [0.2, 0.25) is 0 Å². The lowest BCUT2D eigenvalue weighted by atomic mass is 10.1. The van der Waals surface area contributed by atoms with Gasteiger partial charge in [0.15, 0.2) is 21.4 Å². The molecule has 0 fully saturated rings. The summed E-state index contributed by atoms with van der Waals surface area (Å²) < 4.78 is 54.8. The monoisotopic (exact) mass is 281 g/mol. The first-order valence-corrected chi connectivity index (χ1v) is 6.78. The van der Waals surface area contributed by atoms with Crippen LogP contribution in [0.2, 0.25) is 0 Å². The van der Waals surface area contributed by atoms with Gasteiger partial charge in [-0.1, -0.05) is 0 Å². The van der Waals surface area contributed by atoms with Crippen molar-refractivity contribution in [3.05, 3.63) is 23.3 Å². The zero-order chi connectivity index (χ0) is 13.9. The molecule has 0 radical (unpaired) electrons. The largest absolute Gasteiger partial charge is 0.493 e. The van der Waals surface area contributed by atoms with E-state index in [1.165, 1.54) is 0 Å². The molecule has 0 heterocycles. The van der Waals surface area contributed by atoms with E-state index >= 15 is 0 Å². The van der Waals surface area contributed by atoms with Crippen LogP contribution in [0.4, 0.5) is 8.78 Å². The molecule has 0 unspecified atom stereocenters. The lowest BCUT2D eigenvalue weighted by Gasteiger charge is -2.12. The number of sulfone groups is 1. The summed E-state index contributed by atoms with van der Waals surface area (Å²) in [5.41, 5.74) is 0.144. The molecule has 0 saturated heterocycles. The highest BCUT2D eigenvalue weighted by atomic mass is 32.2. The highest BCUT2D eigenvalue weighted by Crippen LogP contribution is 2.31. The molecule has 0 saturated carbocycles. The van der Waals surface area contributed by atoms with Crippen molar-refractivity contribution in [2.75, 3.05) is 20.0 Å². The van der Waals surface area contributed by atoms with Crippen LogP contribution in [0.3, 0.4) is 0 Å². The highest BCUT2D eigenvalue weighted by Gasteiger charge is 2.25. The van der Waals surface area contributed by atoms with Gasteiger partial charge >= 0.3 is 0 Å². The second-order valence-corrected chi connectivity index (χ2v) is 5.54. The summed E-state index contributed by atoms with van der Waals surface area (Å²) in [7, 11) is -2.86. The quantitative estimate of drug-likeness (QED) is 0.808. The molecule has 0 aliphatic carbocycles. The van der Waals surface area contributed by atoms with E-state index in [0.717, 1.165) is 19.4 Å². The van der Waals surface area contributed by atoms with Crippen molar-refractivity contribution in [1.82, 2.24) is 0 Å². The van der Waals surface area contributed by atoms with Crippen LogP contribution >= 0.6 is 0 Å². The zero-order valence-corrected chi connectivity index (χ0v) is 10.7. The minimum absolute atomic E-state index is 0.0213. The van der Waals surface area contributed by atoms with Gasteiger partial charge < -0.3 is 9.57 Å². The van der Waals surface area contributed by atoms with E-state index in [1.54, 1.807) is 0 Å². The maximum absolute atomic E-state index is 13.9. The van der Waals surface area contributed by atoms with Crippen molar-refractivity contribution in [2.45, 2.75) is 11.3 Å². The summed E-state index contributed by atoms with van der Waals surface area (Å²) in [4.78, 5) is 3.30. The summed E-state index contributed by atoms with van der Waals surface area (Å²) in [6.45, 7) is 0.0213. The fraction of sp³-hybridized carbons (Fsp3) is 0.400. The van der Waals surface area contributed by atoms with Crippen molar-refractivity contribution in [1.29, 1.82) is 0 Å². The topological polar surface area (TPSA) is 78.6 Å². The lowest BCUT2D eigenvalue weighted by molar-refractivity contribution is 0.140. The first kappa shape index (κ1) is 14.8. The second kappa shape index (κ2) is 5.59. The Kier molecular flexibility index (Phi) is 4.60. The van der Waals surface area contributed by atoms with Gasteiger partial charge in [0.05, 0.1) is 13.7 Å². The van der Waals surface area contributed by atoms with Crippen molar-refractivity contribution in [3.63, 3.8) is 0 Å². The number of halogens is 2. The van der Waals surface area contributed by atoms with E-state index in [0.29, 0.717) is 0 Å². The summed E-state index contributed by atoms with van der Waals surface area (Å²) in [6.07, 6.45) is 0.814. The predicted octanol–water partition coefficient (Wildman–Crippen LogP) is 0.810. The maximum atomic E-state index is 13.9. The lowest BCUT2D eigenvalue weighted by Crippen LogP contribution is -2.10. The van der Waals surface area contributed by atoms with E-state index in [9.17, 15) is 17.2 Å². The van der Waals surface area contributed by atoms with Crippen LogP contribution in [-0.4, -0.2) is 28.4 Å². The van der Waals surface area contributed by atoms with Crippen molar-refractivity contribution in [2.24, 2.45) is 5.90 Å². The highest BCUT2D eigenvalue weighted by molar-refractivity contribution is 7.90. The van der Waals surface area contributed by atoms with Gasteiger partial charge in [-0.3, -0.25) is 0 Å². The molecule has 0 spiro atoms. The van der Waals surface area contributed by atoms with Gasteiger partial charge in [0.1, 0.15) is 10.7 Å². The molecule has 2 N–H and O–H groups in total. The van der Waals surface area contributed by atoms with Crippen LogP contribution in [0.5, 0.6) is 5.75 Å². The first-order chi connectivity index (χ1) is 8.32. The number of hydrogen-bond acceptors (Lipinski definition) is 5. The Labute approximate surface area is 103 Å². The molecule has 0 aliphatic heterocycles. The third-order valence-corrected chi connectivity index (χ3v) is 3.39. The summed E-state index contributed by atoms with van der Waals surface area (Å²) in [5.74, 6) is 2.09. The molecule has 5 nitrogen and oxygen atoms in total. The number of hydrogen-bond donors (Lipinski definition) is 1. The third-order valence-electron chi connectivity index (χ3n) is 2.27. The van der Waals surface area contributed by atoms with Crippen LogP contribution in [0.25, 0.3) is 0 Å². The second-order valence-electron chi connectivity index (χ2n) is 3.59. The normalized spacial score (nSPS) is 11.6. The van der Waals surface area contributed by atoms with E-state index < -0.39 is 26.4 Å². The van der Waals surface area contributed by atoms with Crippen LogP contribution in [0.1, 0.15) is 5.56 Å². The Hall–Kier alpha value is -1.25. The molecule has 102 valence electrons. The van der Waals surface area contributed by atoms with Crippen LogP contribution in [0.15, 0.2) is 11.0 Å². The standard InChI is InChI=1S/C10H13F2NO4S/c1-16-9-6(3-4-17-13)5-7(11)10(8(9)12)18(2,14)15/h5H,3-4,13H2,1-2H3. The van der Waals surface area contributed by atoms with Gasteiger partial charge in [-0.25, -0.2) is 23.1 Å². The van der Waals surface area contributed by atoms with Gasteiger partial charge in [-0.05, 0) is 6.07 Å². The van der Waals surface area contributed by atoms with Gasteiger partial charge in [-0.2, -0.15) is 0 Å². The Balaban J connectivity index is 3.45. The predicted molar refractivity (Wildman–Crippen MR) is 59.9 cm³/mol. The molecular weight excluding hydrogens is 268 g/mol. The minimum Gasteiger partial charge on any atom is -0.493 e. The van der Waals surface area contributed by atoms with Crippen LogP contribution in [-0.2, 0) is 21.1 Å². The minimum atomic E-state index is -4.02. The van der Waals surface area contributed by atoms with E-state index in [-0.39, 0.29) is 24.3 Å². The summed E-state index contributed by atoms with van der Waals surface area (Å²) >= 11 is 0. The molecule has 18 heavy (non-hydrogen) atoms. The van der Waals surface area contributed by atoms with E-state index in [4.69, 9.17) is 10.6 Å². The molecule has 0 atom stereocenters. The first-order valence-electron chi connectivity index (χ1n) is 4.89. The number of rotatable bonds is 5. The molecule has 0 amide bonds. The van der Waals surface area contributed by atoms with Gasteiger partial charge in [-0.15, -0.1) is 0 Å². The molecule has 1 aromatic carbocycles. The number of benzene rings is 1. The van der Waals surface area contributed by atoms with Crippen LogP contribution < -0.4 is 10.6 Å².